The van der Waals surface area contributed by atoms with Gasteiger partial charge in [0.1, 0.15) is 18.0 Å². The zero-order valence-electron chi connectivity index (χ0n) is 12.7. The highest BCUT2D eigenvalue weighted by atomic mass is 19.1. The summed E-state index contributed by atoms with van der Waals surface area (Å²) in [6.07, 6.45) is 1.10. The number of anilines is 2. The summed E-state index contributed by atoms with van der Waals surface area (Å²) in [4.78, 5) is 1.95. The molecule has 2 aromatic rings. The Morgan fingerprint density at radius 3 is 2.58 bits per heavy atom. The number of hydrogen-bond donors (Lipinski definition) is 1. The van der Waals surface area contributed by atoms with Crippen LogP contribution in [0.5, 0.6) is 5.75 Å². The summed E-state index contributed by atoms with van der Waals surface area (Å²) >= 11 is 0. The van der Waals surface area contributed by atoms with Crippen LogP contribution < -0.4 is 15.4 Å². The monoisotopic (exact) mass is 331 g/mol. The maximum atomic E-state index is 13.6. The fourth-order valence-electron chi connectivity index (χ4n) is 2.64. The first-order chi connectivity index (χ1) is 11.6. The fourth-order valence-corrected chi connectivity index (χ4v) is 2.64. The first-order valence-electron chi connectivity index (χ1n) is 7.47. The summed E-state index contributed by atoms with van der Waals surface area (Å²) in [5.74, 6) is -0.767. The van der Waals surface area contributed by atoms with E-state index in [1.54, 1.807) is 0 Å². The number of aromatic nitrogens is 2. The molecule has 0 amide bonds. The molecular weight excluding hydrogens is 316 g/mol. The van der Waals surface area contributed by atoms with Gasteiger partial charge in [0.25, 0.3) is 0 Å². The van der Waals surface area contributed by atoms with Crippen molar-refractivity contribution >= 4 is 11.5 Å². The molecule has 1 saturated heterocycles. The summed E-state index contributed by atoms with van der Waals surface area (Å²) in [6, 6.07) is 6.64. The molecule has 1 aromatic heterocycles. The zero-order valence-corrected chi connectivity index (χ0v) is 12.7. The Kier molecular flexibility index (Phi) is 4.42. The maximum Gasteiger partial charge on any atom is 0.174 e. The van der Waals surface area contributed by atoms with Crippen LogP contribution in [-0.2, 0) is 0 Å². The van der Waals surface area contributed by atoms with Crippen LogP contribution in [0.2, 0.25) is 0 Å². The van der Waals surface area contributed by atoms with Crippen molar-refractivity contribution in [3.05, 3.63) is 41.6 Å². The van der Waals surface area contributed by atoms with Gasteiger partial charge in [0.05, 0.1) is 5.69 Å². The molecule has 0 atom stereocenters. The van der Waals surface area contributed by atoms with Gasteiger partial charge in [0, 0.05) is 38.1 Å². The molecule has 8 heteroatoms. The molecule has 0 spiro atoms. The minimum atomic E-state index is -0.709. The van der Waals surface area contributed by atoms with Crippen LogP contribution in [0.1, 0.15) is 18.5 Å². The van der Waals surface area contributed by atoms with Crippen molar-refractivity contribution in [2.75, 3.05) is 23.7 Å². The van der Waals surface area contributed by atoms with Gasteiger partial charge in [-0.15, -0.1) is 10.2 Å². The smallest absolute Gasteiger partial charge is 0.174 e. The second-order valence-electron chi connectivity index (χ2n) is 5.50. The molecule has 1 fully saturated rings. The van der Waals surface area contributed by atoms with E-state index in [2.05, 4.69) is 10.2 Å². The molecular formula is C16H15F2N5O. The van der Waals surface area contributed by atoms with E-state index in [-0.39, 0.29) is 17.5 Å². The van der Waals surface area contributed by atoms with E-state index in [4.69, 9.17) is 15.7 Å². The van der Waals surface area contributed by atoms with Crippen LogP contribution in [0.25, 0.3) is 0 Å². The summed E-state index contributed by atoms with van der Waals surface area (Å²) in [6.45, 7) is 1.22. The van der Waals surface area contributed by atoms with Gasteiger partial charge in [0.15, 0.2) is 23.1 Å². The first-order valence-corrected chi connectivity index (χ1v) is 7.47. The number of benzene rings is 1. The van der Waals surface area contributed by atoms with Crippen molar-refractivity contribution in [1.82, 2.24) is 10.2 Å². The standard InChI is InChI=1S/C16H15F2N5O/c17-10-1-2-15(13(18)7-10)24-12-3-5-23(6-4-12)16-14(20)8-11(9-19)21-22-16/h1-2,7-8,12H,3-6H2,(H2,20,21). The van der Waals surface area contributed by atoms with Crippen molar-refractivity contribution in [1.29, 1.82) is 5.26 Å². The first kappa shape index (κ1) is 15.9. The molecule has 2 heterocycles. The number of halogens is 2. The zero-order chi connectivity index (χ0) is 17.1. The van der Waals surface area contributed by atoms with Gasteiger partial charge in [0.2, 0.25) is 0 Å². The highest BCUT2D eigenvalue weighted by Gasteiger charge is 2.24. The molecule has 6 nitrogen and oxygen atoms in total. The molecule has 3 rings (SSSR count). The van der Waals surface area contributed by atoms with E-state index >= 15 is 0 Å². The second kappa shape index (κ2) is 6.66. The van der Waals surface area contributed by atoms with E-state index < -0.39 is 11.6 Å². The number of nitriles is 1. The summed E-state index contributed by atoms with van der Waals surface area (Å²) < 4.78 is 32.2. The molecule has 0 saturated carbocycles. The molecule has 1 aromatic carbocycles. The van der Waals surface area contributed by atoms with Gasteiger partial charge in [-0.2, -0.15) is 5.26 Å². The van der Waals surface area contributed by atoms with Gasteiger partial charge in [-0.1, -0.05) is 0 Å². The molecule has 1 aliphatic rings. The van der Waals surface area contributed by atoms with Crippen molar-refractivity contribution in [2.24, 2.45) is 0 Å². The van der Waals surface area contributed by atoms with Crippen molar-refractivity contribution in [3.8, 4) is 11.8 Å². The second-order valence-corrected chi connectivity index (χ2v) is 5.50. The molecule has 24 heavy (non-hydrogen) atoms. The molecule has 1 aliphatic heterocycles. The Morgan fingerprint density at radius 2 is 1.96 bits per heavy atom. The molecule has 2 N–H and O–H groups in total. The molecule has 0 bridgehead atoms. The summed E-state index contributed by atoms with van der Waals surface area (Å²) in [5, 5.41) is 16.6. The van der Waals surface area contributed by atoms with Crippen LogP contribution in [0.15, 0.2) is 24.3 Å². The van der Waals surface area contributed by atoms with Gasteiger partial charge >= 0.3 is 0 Å². The normalized spacial score (nSPS) is 15.1. The van der Waals surface area contributed by atoms with Crippen LogP contribution in [0.3, 0.4) is 0 Å². The lowest BCUT2D eigenvalue weighted by Gasteiger charge is -2.33. The fraction of sp³-hybridized carbons (Fsp3) is 0.312. The highest BCUT2D eigenvalue weighted by Crippen LogP contribution is 2.26. The van der Waals surface area contributed by atoms with E-state index in [1.807, 2.05) is 11.0 Å². The van der Waals surface area contributed by atoms with E-state index in [0.29, 0.717) is 37.4 Å². The lowest BCUT2D eigenvalue weighted by Crippen LogP contribution is -2.39. The van der Waals surface area contributed by atoms with E-state index in [1.165, 1.54) is 18.2 Å². The number of hydrogen-bond acceptors (Lipinski definition) is 6. The number of nitrogens with zero attached hydrogens (tertiary/aromatic N) is 4. The Labute approximate surface area is 137 Å². The average molecular weight is 331 g/mol. The Hall–Kier alpha value is -2.95. The Bertz CT molecular complexity index is 785. The van der Waals surface area contributed by atoms with Crippen LogP contribution >= 0.6 is 0 Å². The average Bonchev–Trinajstić information content (AvgIpc) is 2.58. The largest absolute Gasteiger partial charge is 0.487 e. The highest BCUT2D eigenvalue weighted by molar-refractivity contribution is 5.63. The van der Waals surface area contributed by atoms with E-state index in [9.17, 15) is 8.78 Å². The third-order valence-electron chi connectivity index (χ3n) is 3.85. The minimum absolute atomic E-state index is 0.0486. The van der Waals surface area contributed by atoms with Crippen LogP contribution in [0.4, 0.5) is 20.3 Å². The number of rotatable bonds is 3. The molecule has 124 valence electrons. The van der Waals surface area contributed by atoms with Crippen molar-refractivity contribution in [3.63, 3.8) is 0 Å². The van der Waals surface area contributed by atoms with Crippen molar-refractivity contribution in [2.45, 2.75) is 18.9 Å². The SMILES string of the molecule is N#Cc1cc(N)c(N2CCC(Oc3ccc(F)cc3F)CC2)nn1. The number of ether oxygens (including phenoxy) is 1. The number of nitrogen functional groups attached to an aromatic ring is 1. The third kappa shape index (κ3) is 3.35. The maximum absolute atomic E-state index is 13.6. The number of piperidine rings is 1. The van der Waals surface area contributed by atoms with Gasteiger partial charge < -0.3 is 15.4 Å². The van der Waals surface area contributed by atoms with Gasteiger partial charge in [-0.25, -0.2) is 8.78 Å². The van der Waals surface area contributed by atoms with E-state index in [0.717, 1.165) is 6.07 Å². The molecule has 0 radical (unpaired) electrons. The van der Waals surface area contributed by atoms with Crippen molar-refractivity contribution < 1.29 is 13.5 Å². The third-order valence-corrected chi connectivity index (χ3v) is 3.85. The number of nitrogens with two attached hydrogens (primary N) is 1. The van der Waals surface area contributed by atoms with Gasteiger partial charge in [-0.3, -0.25) is 0 Å². The summed E-state index contributed by atoms with van der Waals surface area (Å²) in [5.41, 5.74) is 6.47. The van der Waals surface area contributed by atoms with Gasteiger partial charge in [-0.05, 0) is 12.1 Å². The molecule has 0 aliphatic carbocycles. The lowest BCUT2D eigenvalue weighted by atomic mass is 10.1. The minimum Gasteiger partial charge on any atom is -0.487 e. The lowest BCUT2D eigenvalue weighted by molar-refractivity contribution is 0.163. The predicted molar refractivity (Wildman–Crippen MR) is 83.4 cm³/mol. The van der Waals surface area contributed by atoms with Crippen LogP contribution in [0, 0.1) is 23.0 Å². The topological polar surface area (TPSA) is 88.1 Å². The van der Waals surface area contributed by atoms with Crippen LogP contribution in [-0.4, -0.2) is 29.4 Å². The molecule has 0 unspecified atom stereocenters. The quantitative estimate of drug-likeness (QED) is 0.928. The Balaban J connectivity index is 1.62. The summed E-state index contributed by atoms with van der Waals surface area (Å²) in [7, 11) is 0. The predicted octanol–water partition coefficient (Wildman–Crippen LogP) is 2.26. The Morgan fingerprint density at radius 1 is 1.21 bits per heavy atom.